The van der Waals surface area contributed by atoms with Gasteiger partial charge in [-0.2, -0.15) is 5.10 Å². The minimum atomic E-state index is -0.261. The van der Waals surface area contributed by atoms with Crippen molar-refractivity contribution in [3.8, 4) is 22.5 Å². The summed E-state index contributed by atoms with van der Waals surface area (Å²) in [6, 6.07) is 20.1. The number of carbonyl (C=O) groups is 1. The van der Waals surface area contributed by atoms with E-state index < -0.39 is 0 Å². The maximum Gasteiger partial charge on any atom is 0.262 e. The number of carbonyl (C=O) groups excluding carboxylic acids is 1. The molecule has 2 aromatic carbocycles. The van der Waals surface area contributed by atoms with Crippen molar-refractivity contribution in [2.24, 2.45) is 0 Å². The van der Waals surface area contributed by atoms with E-state index in [1.807, 2.05) is 48.5 Å². The van der Waals surface area contributed by atoms with Crippen molar-refractivity contribution in [3.63, 3.8) is 0 Å². The first-order chi connectivity index (χ1) is 14.8. The van der Waals surface area contributed by atoms with E-state index in [1.54, 1.807) is 16.9 Å². The van der Waals surface area contributed by atoms with E-state index in [-0.39, 0.29) is 5.91 Å². The Kier molecular flexibility index (Phi) is 3.75. The van der Waals surface area contributed by atoms with Gasteiger partial charge < -0.3 is 0 Å². The molecule has 0 saturated heterocycles. The second kappa shape index (κ2) is 6.60. The summed E-state index contributed by atoms with van der Waals surface area (Å²) in [5.41, 5.74) is 6.22. The van der Waals surface area contributed by atoms with Crippen LogP contribution >= 0.6 is 11.3 Å². The average Bonchev–Trinajstić information content (AvgIpc) is 3.46. The number of aromatic nitrogens is 4. The minimum absolute atomic E-state index is 0.261. The summed E-state index contributed by atoms with van der Waals surface area (Å²) in [5.74, 6) is -0.261. The molecule has 0 spiro atoms. The van der Waals surface area contributed by atoms with E-state index in [2.05, 4.69) is 32.5 Å². The highest BCUT2D eigenvalue weighted by Crippen LogP contribution is 2.40. The van der Waals surface area contributed by atoms with Gasteiger partial charge >= 0.3 is 0 Å². The Morgan fingerprint density at radius 2 is 1.87 bits per heavy atom. The highest BCUT2D eigenvalue weighted by Gasteiger charge is 2.24. The average molecular weight is 409 g/mol. The molecule has 0 radical (unpaired) electrons. The maximum atomic E-state index is 13.0. The molecule has 7 heteroatoms. The van der Waals surface area contributed by atoms with Crippen LogP contribution in [0, 0.1) is 0 Å². The lowest BCUT2D eigenvalue weighted by Crippen LogP contribution is -2.12. The molecule has 0 unspecified atom stereocenters. The smallest absolute Gasteiger partial charge is 0.262 e. The lowest BCUT2D eigenvalue weighted by molar-refractivity contribution is 0.102. The zero-order valence-corrected chi connectivity index (χ0v) is 16.6. The molecule has 144 valence electrons. The normalized spacial score (nSPS) is 12.0. The number of hydrogen-bond acceptors (Lipinski definition) is 5. The molecule has 0 fully saturated rings. The van der Waals surface area contributed by atoms with Gasteiger partial charge in [0.05, 0.1) is 17.6 Å². The Morgan fingerprint density at radius 1 is 1.03 bits per heavy atom. The van der Waals surface area contributed by atoms with Crippen LogP contribution in [-0.2, 0) is 6.42 Å². The summed E-state index contributed by atoms with van der Waals surface area (Å²) in [6.07, 6.45) is 4.11. The van der Waals surface area contributed by atoms with Crippen LogP contribution in [0.1, 0.15) is 20.8 Å². The zero-order valence-electron chi connectivity index (χ0n) is 15.7. The fourth-order valence-corrected chi connectivity index (χ4v) is 4.85. The number of benzene rings is 2. The lowest BCUT2D eigenvalue weighted by Gasteiger charge is -2.05. The number of amides is 1. The van der Waals surface area contributed by atoms with Gasteiger partial charge in [0.1, 0.15) is 5.56 Å². The molecule has 0 aliphatic heterocycles. The van der Waals surface area contributed by atoms with E-state index >= 15 is 0 Å². The monoisotopic (exact) mass is 409 g/mol. The molecule has 1 aliphatic carbocycles. The molecular formula is C23H15N5OS. The molecule has 3 heterocycles. The van der Waals surface area contributed by atoms with Crippen LogP contribution in [0.25, 0.3) is 28.2 Å². The van der Waals surface area contributed by atoms with Crippen LogP contribution in [-0.4, -0.2) is 25.5 Å². The Hall–Kier alpha value is -3.84. The molecule has 0 saturated carbocycles. The van der Waals surface area contributed by atoms with Gasteiger partial charge in [-0.3, -0.25) is 10.1 Å². The van der Waals surface area contributed by atoms with Crippen LogP contribution in [0.15, 0.2) is 73.1 Å². The summed E-state index contributed by atoms with van der Waals surface area (Å²) < 4.78 is 1.70. The van der Waals surface area contributed by atoms with Crippen molar-refractivity contribution >= 4 is 28.0 Å². The van der Waals surface area contributed by atoms with Gasteiger partial charge in [0.15, 0.2) is 10.8 Å². The van der Waals surface area contributed by atoms with Gasteiger partial charge in [0, 0.05) is 28.6 Å². The number of hydrogen-bond donors (Lipinski definition) is 1. The van der Waals surface area contributed by atoms with Gasteiger partial charge in [-0.25, -0.2) is 14.5 Å². The summed E-state index contributed by atoms with van der Waals surface area (Å²) in [4.78, 5) is 23.2. The molecule has 1 N–H and O–H groups in total. The highest BCUT2D eigenvalue weighted by molar-refractivity contribution is 7.16. The first-order valence-corrected chi connectivity index (χ1v) is 10.4. The van der Waals surface area contributed by atoms with Crippen LogP contribution < -0.4 is 5.32 Å². The molecule has 5 aromatic rings. The quantitative estimate of drug-likeness (QED) is 0.461. The molecule has 30 heavy (non-hydrogen) atoms. The third kappa shape index (κ3) is 2.63. The van der Waals surface area contributed by atoms with Crippen molar-refractivity contribution in [3.05, 3.63) is 89.1 Å². The molecule has 6 rings (SSSR count). The van der Waals surface area contributed by atoms with Crippen LogP contribution in [0.2, 0.25) is 0 Å². The van der Waals surface area contributed by atoms with E-state index in [9.17, 15) is 4.79 Å². The van der Waals surface area contributed by atoms with Gasteiger partial charge in [0.25, 0.3) is 5.91 Å². The van der Waals surface area contributed by atoms with E-state index in [0.29, 0.717) is 16.3 Å². The second-order valence-electron chi connectivity index (χ2n) is 7.07. The molecule has 1 amide bonds. The molecular weight excluding hydrogens is 394 g/mol. The largest absolute Gasteiger partial charge is 0.298 e. The Balaban J connectivity index is 1.33. The van der Waals surface area contributed by atoms with Crippen LogP contribution in [0.4, 0.5) is 5.13 Å². The lowest BCUT2D eigenvalue weighted by atomic mass is 10.1. The second-order valence-corrected chi connectivity index (χ2v) is 8.15. The van der Waals surface area contributed by atoms with Crippen molar-refractivity contribution in [1.29, 1.82) is 0 Å². The maximum absolute atomic E-state index is 13.0. The van der Waals surface area contributed by atoms with E-state index in [0.717, 1.165) is 28.9 Å². The summed E-state index contributed by atoms with van der Waals surface area (Å²) in [7, 11) is 0. The first-order valence-electron chi connectivity index (χ1n) is 9.55. The SMILES string of the molecule is O=C(Nc1nc2c(s1)Cc1ccccc1-2)c1cnn2c(-c3ccccc3)ccnc12. The third-order valence-corrected chi connectivity index (χ3v) is 6.23. The van der Waals surface area contributed by atoms with Gasteiger partial charge in [-0.15, -0.1) is 11.3 Å². The van der Waals surface area contributed by atoms with Gasteiger partial charge in [-0.1, -0.05) is 54.6 Å². The van der Waals surface area contributed by atoms with Gasteiger partial charge in [0.2, 0.25) is 0 Å². The topological polar surface area (TPSA) is 72.2 Å². The molecule has 3 aromatic heterocycles. The highest BCUT2D eigenvalue weighted by atomic mass is 32.1. The molecule has 1 aliphatic rings. The fourth-order valence-electron chi connectivity index (χ4n) is 3.86. The van der Waals surface area contributed by atoms with E-state index in [1.165, 1.54) is 21.8 Å². The number of anilines is 1. The fraction of sp³-hybridized carbons (Fsp3) is 0.0435. The van der Waals surface area contributed by atoms with Gasteiger partial charge in [-0.05, 0) is 11.6 Å². The predicted molar refractivity (Wildman–Crippen MR) is 117 cm³/mol. The number of thiazole rings is 1. The number of nitrogens with one attached hydrogen (secondary N) is 1. The van der Waals surface area contributed by atoms with Crippen molar-refractivity contribution in [2.45, 2.75) is 6.42 Å². The first kappa shape index (κ1) is 17.1. The predicted octanol–water partition coefficient (Wildman–Crippen LogP) is 4.68. The Labute approximate surface area is 175 Å². The number of nitrogens with zero attached hydrogens (tertiary/aromatic N) is 4. The number of fused-ring (bicyclic) bond motifs is 4. The van der Waals surface area contributed by atoms with Crippen molar-refractivity contribution in [1.82, 2.24) is 19.6 Å². The third-order valence-electron chi connectivity index (χ3n) is 5.26. The minimum Gasteiger partial charge on any atom is -0.298 e. The van der Waals surface area contributed by atoms with E-state index in [4.69, 9.17) is 0 Å². The summed E-state index contributed by atoms with van der Waals surface area (Å²) in [6.45, 7) is 0. The van der Waals surface area contributed by atoms with Crippen LogP contribution in [0.3, 0.4) is 0 Å². The Morgan fingerprint density at radius 3 is 2.77 bits per heavy atom. The van der Waals surface area contributed by atoms with Crippen molar-refractivity contribution < 1.29 is 4.79 Å². The van der Waals surface area contributed by atoms with Crippen molar-refractivity contribution in [2.75, 3.05) is 5.32 Å². The molecule has 0 atom stereocenters. The molecule has 6 nitrogen and oxygen atoms in total. The van der Waals surface area contributed by atoms with Crippen LogP contribution in [0.5, 0.6) is 0 Å². The summed E-state index contributed by atoms with van der Waals surface area (Å²) in [5, 5.41) is 7.94. The number of rotatable bonds is 3. The summed E-state index contributed by atoms with van der Waals surface area (Å²) >= 11 is 1.52. The zero-order chi connectivity index (χ0) is 20.1. The standard InChI is InChI=1S/C23H15N5OS/c29-22(27-23-26-20-16-9-5-4-8-15(16)12-19(20)30-23)17-13-25-28-18(10-11-24-21(17)28)14-6-2-1-3-7-14/h1-11,13H,12H2,(H,26,27,29). The Bertz CT molecular complexity index is 1420. The molecule has 0 bridgehead atoms.